The first-order chi connectivity index (χ1) is 17.0. The van der Waals surface area contributed by atoms with Crippen LogP contribution < -0.4 is 10.3 Å². The van der Waals surface area contributed by atoms with Gasteiger partial charge in [0.05, 0.1) is 0 Å². The molecule has 4 fully saturated rings. The van der Waals surface area contributed by atoms with Gasteiger partial charge in [-0.25, -0.2) is 27.1 Å². The van der Waals surface area contributed by atoms with Crippen molar-refractivity contribution >= 4 is 31.6 Å². The van der Waals surface area contributed by atoms with Crippen LogP contribution in [0.25, 0.3) is 0 Å². The molecule has 4 aliphatic rings. The van der Waals surface area contributed by atoms with Crippen molar-refractivity contribution in [2.45, 2.75) is 63.9 Å². The minimum atomic E-state index is -4.73. The third-order valence-electron chi connectivity index (χ3n) is 11.4. The lowest BCUT2D eigenvalue weighted by Crippen LogP contribution is -2.58. The van der Waals surface area contributed by atoms with E-state index in [4.69, 9.17) is 10.3 Å². The van der Waals surface area contributed by atoms with Crippen molar-refractivity contribution in [2.75, 3.05) is 0 Å². The van der Waals surface area contributed by atoms with Crippen LogP contribution in [0.1, 0.15) is 65.5 Å². The summed E-state index contributed by atoms with van der Waals surface area (Å²) < 4.78 is 50.4. The Kier molecular flexibility index (Phi) is 5.01. The van der Waals surface area contributed by atoms with Gasteiger partial charge in [0.25, 0.3) is 0 Å². The number of primary sulfonamides is 2. The van der Waals surface area contributed by atoms with E-state index < -0.39 is 74.6 Å². The van der Waals surface area contributed by atoms with E-state index in [1.807, 2.05) is 27.7 Å². The Balaban J connectivity index is 1.99. The lowest BCUT2D eigenvalue weighted by Gasteiger charge is -2.43. The maximum absolute atomic E-state index is 14.5. The maximum atomic E-state index is 14.5. The average Bonchev–Trinajstić information content (AvgIpc) is 3.17. The van der Waals surface area contributed by atoms with Gasteiger partial charge < -0.3 is 0 Å². The van der Waals surface area contributed by atoms with Gasteiger partial charge in [-0.1, -0.05) is 90.1 Å². The van der Waals surface area contributed by atoms with E-state index in [2.05, 4.69) is 13.2 Å². The van der Waals surface area contributed by atoms with Gasteiger partial charge in [-0.15, -0.1) is 0 Å². The summed E-state index contributed by atoms with van der Waals surface area (Å²) in [6.45, 7) is 19.0. The largest absolute Gasteiger partial charge is 0.297 e. The van der Waals surface area contributed by atoms with E-state index in [1.165, 1.54) is 24.3 Å². The number of allylic oxidation sites excluding steroid dienone is 2. The fourth-order valence-corrected chi connectivity index (χ4v) is 12.7. The van der Waals surface area contributed by atoms with Crippen LogP contribution >= 0.6 is 0 Å². The molecule has 4 saturated carbocycles. The van der Waals surface area contributed by atoms with Crippen molar-refractivity contribution in [3.8, 4) is 0 Å². The fourth-order valence-electron chi connectivity index (χ4n) is 9.22. The summed E-state index contributed by atoms with van der Waals surface area (Å²) in [5.74, 6) is -3.12. The standard InChI is InChI=1S/C28H36N2O6S2/c1-15-13-25(7)21(31)27(37(29,33)34,19(15)23(25,3)4)17-11-9-10-12-18(17)28(38(30,35)36)20-16(2)14-26(8,22(28)32)24(20,5)6/h9-12,19-20H,1-2,13-14H2,3-8H3,(H2,29,33,34)(H2,30,35,36). The number of nitrogens with two attached hydrogens (primary N) is 2. The van der Waals surface area contributed by atoms with E-state index in [9.17, 15) is 26.4 Å². The highest BCUT2D eigenvalue weighted by atomic mass is 32.2. The normalized spacial score (nSPS) is 41.4. The molecule has 0 heterocycles. The van der Waals surface area contributed by atoms with Gasteiger partial charge in [-0.3, -0.25) is 9.59 Å². The van der Waals surface area contributed by atoms with E-state index in [0.717, 1.165) is 0 Å². The minimum absolute atomic E-state index is 0.114. The topological polar surface area (TPSA) is 154 Å². The summed E-state index contributed by atoms with van der Waals surface area (Å²) in [6, 6.07) is 5.88. The molecule has 4 aliphatic carbocycles. The van der Waals surface area contributed by atoms with E-state index in [1.54, 1.807) is 13.8 Å². The van der Waals surface area contributed by atoms with Crippen LogP contribution in [0.4, 0.5) is 0 Å². The lowest BCUT2D eigenvalue weighted by molar-refractivity contribution is -0.131. The summed E-state index contributed by atoms with van der Waals surface area (Å²) in [7, 11) is -9.46. The van der Waals surface area contributed by atoms with Crippen molar-refractivity contribution in [3.05, 3.63) is 59.7 Å². The number of carbonyl (C=O) groups excluding carboxylic acids is 2. The van der Waals surface area contributed by atoms with Gasteiger partial charge in [0, 0.05) is 22.7 Å². The number of carbonyl (C=O) groups is 2. The van der Waals surface area contributed by atoms with Gasteiger partial charge in [-0.05, 0) is 34.8 Å². The zero-order valence-electron chi connectivity index (χ0n) is 22.7. The maximum Gasteiger partial charge on any atom is 0.226 e. The second kappa shape index (κ2) is 6.95. The fraction of sp³-hybridized carbons (Fsp3) is 0.571. The Morgan fingerprint density at radius 1 is 0.684 bits per heavy atom. The molecular weight excluding hydrogens is 524 g/mol. The van der Waals surface area contributed by atoms with Gasteiger partial charge in [0.15, 0.2) is 21.1 Å². The Morgan fingerprint density at radius 2 is 0.974 bits per heavy atom. The Morgan fingerprint density at radius 3 is 1.21 bits per heavy atom. The second-order valence-corrected chi connectivity index (χ2v) is 16.9. The predicted octanol–water partition coefficient (Wildman–Crippen LogP) is 3.04. The van der Waals surface area contributed by atoms with Crippen molar-refractivity contribution in [2.24, 2.45) is 43.8 Å². The monoisotopic (exact) mass is 560 g/mol. The molecule has 1 aromatic rings. The van der Waals surface area contributed by atoms with Crippen LogP contribution in [-0.4, -0.2) is 28.4 Å². The third kappa shape index (κ3) is 2.42. The number of Topliss-reactive ketones (excluding diaryl/α,β-unsaturated/α-hetero) is 2. The first-order valence-corrected chi connectivity index (χ1v) is 15.7. The number of ketones is 2. The van der Waals surface area contributed by atoms with Crippen LogP contribution in [0.2, 0.25) is 0 Å². The Hall–Kier alpha value is -2.14. The molecule has 38 heavy (non-hydrogen) atoms. The first kappa shape index (κ1) is 27.4. The molecule has 4 N–H and O–H groups in total. The van der Waals surface area contributed by atoms with E-state index >= 15 is 0 Å². The number of benzene rings is 1. The zero-order chi connectivity index (χ0) is 28.9. The molecule has 0 radical (unpaired) electrons. The molecule has 6 atom stereocenters. The summed E-state index contributed by atoms with van der Waals surface area (Å²) in [5.41, 5.74) is -3.14. The summed E-state index contributed by atoms with van der Waals surface area (Å²) in [5, 5.41) is 12.0. The average molecular weight is 561 g/mol. The SMILES string of the molecule is C=C1CC2(C)C(=O)C(c3ccccc3C3(S(N)(=O)=O)C(=O)C4(C)CC(=C)C3C4(C)C)(S(N)(=O)=O)C1C2(C)C. The number of hydrogen-bond acceptors (Lipinski definition) is 6. The Bertz CT molecular complexity index is 1490. The van der Waals surface area contributed by atoms with Crippen molar-refractivity contribution in [3.63, 3.8) is 0 Å². The summed E-state index contributed by atoms with van der Waals surface area (Å²) in [6.07, 6.45) is 0.569. The smallest absolute Gasteiger partial charge is 0.226 e. The number of sulfonamides is 2. The van der Waals surface area contributed by atoms with Gasteiger partial charge in [0.1, 0.15) is 0 Å². The molecule has 0 aliphatic heterocycles. The van der Waals surface area contributed by atoms with E-state index in [0.29, 0.717) is 11.1 Å². The van der Waals surface area contributed by atoms with Gasteiger partial charge in [0.2, 0.25) is 20.0 Å². The molecule has 0 spiro atoms. The van der Waals surface area contributed by atoms with Crippen LogP contribution in [0.15, 0.2) is 48.6 Å². The Labute approximate surface area is 225 Å². The van der Waals surface area contributed by atoms with Gasteiger partial charge >= 0.3 is 0 Å². The minimum Gasteiger partial charge on any atom is -0.297 e. The molecule has 0 saturated heterocycles. The predicted molar refractivity (Wildman–Crippen MR) is 144 cm³/mol. The first-order valence-electron chi connectivity index (χ1n) is 12.6. The van der Waals surface area contributed by atoms with Crippen LogP contribution in [-0.2, 0) is 39.1 Å². The quantitative estimate of drug-likeness (QED) is 0.540. The van der Waals surface area contributed by atoms with Crippen molar-refractivity contribution in [1.82, 2.24) is 0 Å². The molecule has 6 unspecified atom stereocenters. The molecule has 0 aromatic heterocycles. The zero-order valence-corrected chi connectivity index (χ0v) is 24.3. The molecule has 206 valence electrons. The van der Waals surface area contributed by atoms with Crippen LogP contribution in [0.5, 0.6) is 0 Å². The molecule has 4 bridgehead atoms. The van der Waals surface area contributed by atoms with E-state index in [-0.39, 0.29) is 24.0 Å². The second-order valence-electron chi connectivity index (χ2n) is 13.4. The molecule has 0 amide bonds. The number of hydrogen-bond donors (Lipinski definition) is 2. The molecule has 1 aromatic carbocycles. The molecule has 5 rings (SSSR count). The highest BCUT2D eigenvalue weighted by molar-refractivity contribution is 7.91. The number of fused-ring (bicyclic) bond motifs is 4. The summed E-state index contributed by atoms with van der Waals surface area (Å²) >= 11 is 0. The van der Waals surface area contributed by atoms with Gasteiger partial charge in [-0.2, -0.15) is 0 Å². The molecular formula is C28H36N2O6S2. The number of rotatable bonds is 4. The molecule has 10 heteroatoms. The van der Waals surface area contributed by atoms with Crippen molar-refractivity contribution < 1.29 is 26.4 Å². The van der Waals surface area contributed by atoms with Crippen LogP contribution in [0, 0.1) is 33.5 Å². The van der Waals surface area contributed by atoms with Crippen LogP contribution in [0.3, 0.4) is 0 Å². The highest BCUT2D eigenvalue weighted by Crippen LogP contribution is 2.76. The molecule has 8 nitrogen and oxygen atoms in total. The third-order valence-corrected chi connectivity index (χ3v) is 14.5. The summed E-state index contributed by atoms with van der Waals surface area (Å²) in [4.78, 5) is 28.9. The lowest BCUT2D eigenvalue weighted by atomic mass is 9.68. The van der Waals surface area contributed by atoms with Crippen molar-refractivity contribution in [1.29, 1.82) is 0 Å². The highest BCUT2D eigenvalue weighted by Gasteiger charge is 2.82.